The highest BCUT2D eigenvalue weighted by Crippen LogP contribution is 2.33. The molecule has 0 spiro atoms. The van der Waals surface area contributed by atoms with E-state index in [0.29, 0.717) is 21.4 Å². The molecule has 0 radical (unpaired) electrons. The van der Waals surface area contributed by atoms with Crippen molar-refractivity contribution < 1.29 is 9.47 Å². The van der Waals surface area contributed by atoms with Crippen LogP contribution in [0.1, 0.15) is 35.7 Å². The average Bonchev–Trinajstić information content (AvgIpc) is 3.26. The van der Waals surface area contributed by atoms with Gasteiger partial charge in [0.25, 0.3) is 0 Å². The van der Waals surface area contributed by atoms with Crippen molar-refractivity contribution in [2.45, 2.75) is 19.6 Å². The van der Waals surface area contributed by atoms with Gasteiger partial charge in [-0.05, 0) is 49.4 Å². The molecule has 1 fully saturated rings. The number of benzene rings is 1. The molecule has 0 saturated carbocycles. The van der Waals surface area contributed by atoms with Gasteiger partial charge in [-0.25, -0.2) is 0 Å². The van der Waals surface area contributed by atoms with Crippen molar-refractivity contribution in [3.63, 3.8) is 0 Å². The van der Waals surface area contributed by atoms with Crippen LogP contribution in [0.25, 0.3) is 23.1 Å². The Bertz CT molecular complexity index is 1320. The molecule has 1 aromatic carbocycles. The van der Waals surface area contributed by atoms with Crippen LogP contribution in [0.2, 0.25) is 10.0 Å². The Hall–Kier alpha value is -3.04. The molecule has 1 N–H and O–H groups in total. The lowest BCUT2D eigenvalue weighted by Crippen LogP contribution is -2.35. The molecule has 0 bridgehead atoms. The van der Waals surface area contributed by atoms with E-state index in [-0.39, 0.29) is 6.10 Å². The second-order valence-electron chi connectivity index (χ2n) is 8.26. The Balaban J connectivity index is 1.29. The van der Waals surface area contributed by atoms with Gasteiger partial charge in [-0.3, -0.25) is 15.0 Å². The first-order chi connectivity index (χ1) is 17.1. The second-order valence-corrected chi connectivity index (χ2v) is 9.08. The normalized spacial score (nSPS) is 15.6. The van der Waals surface area contributed by atoms with Crippen LogP contribution < -0.4 is 4.74 Å². The van der Waals surface area contributed by atoms with E-state index < -0.39 is 0 Å². The standard InChI is InChI=1S/C25H24Cl2N6O2/c1-16(25-21(26)13-28-14-22(25)27)35-19-5-7-24-20(12-19)23(31-32-24)6-4-17-2-3-18(30-29-17)15-33-8-10-34-11-9-33/h2-7,12-14,16H,8-11,15H2,1H3,(H,31,32)/b6-4+. The highest BCUT2D eigenvalue weighted by atomic mass is 35.5. The Morgan fingerprint density at radius 2 is 1.89 bits per heavy atom. The number of aromatic amines is 1. The smallest absolute Gasteiger partial charge is 0.124 e. The molecule has 4 aromatic rings. The van der Waals surface area contributed by atoms with Gasteiger partial charge in [-0.2, -0.15) is 15.3 Å². The van der Waals surface area contributed by atoms with Crippen molar-refractivity contribution in [3.8, 4) is 5.75 Å². The van der Waals surface area contributed by atoms with Gasteiger partial charge in [0.05, 0.1) is 45.9 Å². The fraction of sp³-hybridized carbons (Fsp3) is 0.280. The molecule has 1 saturated heterocycles. The predicted molar refractivity (Wildman–Crippen MR) is 136 cm³/mol. The molecule has 35 heavy (non-hydrogen) atoms. The minimum Gasteiger partial charge on any atom is -0.486 e. The molecule has 4 heterocycles. The van der Waals surface area contributed by atoms with Crippen LogP contribution >= 0.6 is 23.2 Å². The maximum Gasteiger partial charge on any atom is 0.124 e. The topological polar surface area (TPSA) is 89.0 Å². The maximum absolute atomic E-state index is 6.28. The van der Waals surface area contributed by atoms with E-state index in [9.17, 15) is 0 Å². The number of hydrogen-bond acceptors (Lipinski definition) is 7. The Labute approximate surface area is 212 Å². The largest absolute Gasteiger partial charge is 0.486 e. The first kappa shape index (κ1) is 23.7. The lowest BCUT2D eigenvalue weighted by molar-refractivity contribution is 0.0335. The molecule has 180 valence electrons. The van der Waals surface area contributed by atoms with E-state index >= 15 is 0 Å². The van der Waals surface area contributed by atoms with E-state index in [2.05, 4.69) is 30.3 Å². The number of nitrogens with zero attached hydrogens (tertiary/aromatic N) is 5. The Morgan fingerprint density at radius 3 is 2.63 bits per heavy atom. The molecule has 0 aliphatic carbocycles. The van der Waals surface area contributed by atoms with E-state index in [1.807, 2.05) is 49.4 Å². The van der Waals surface area contributed by atoms with Crippen molar-refractivity contribution in [1.82, 2.24) is 30.3 Å². The summed E-state index contributed by atoms with van der Waals surface area (Å²) < 4.78 is 11.5. The van der Waals surface area contributed by atoms with Crippen molar-refractivity contribution in [1.29, 1.82) is 0 Å². The Kier molecular flexibility index (Phi) is 7.24. The number of halogens is 2. The first-order valence-corrected chi connectivity index (χ1v) is 12.1. The molecule has 3 aromatic heterocycles. The van der Waals surface area contributed by atoms with Gasteiger partial charge in [-0.1, -0.05) is 23.2 Å². The van der Waals surface area contributed by atoms with Gasteiger partial charge in [0.1, 0.15) is 11.9 Å². The molecule has 0 amide bonds. The van der Waals surface area contributed by atoms with Gasteiger partial charge in [0.2, 0.25) is 0 Å². The molecule has 5 rings (SSSR count). The van der Waals surface area contributed by atoms with Gasteiger partial charge in [0.15, 0.2) is 0 Å². The lowest BCUT2D eigenvalue weighted by atomic mass is 10.1. The summed E-state index contributed by atoms with van der Waals surface area (Å²) in [5.74, 6) is 0.678. The van der Waals surface area contributed by atoms with E-state index in [1.165, 1.54) is 0 Å². The van der Waals surface area contributed by atoms with E-state index in [1.54, 1.807) is 12.4 Å². The second kappa shape index (κ2) is 10.7. The number of fused-ring (bicyclic) bond motifs is 1. The van der Waals surface area contributed by atoms with Gasteiger partial charge < -0.3 is 9.47 Å². The first-order valence-electron chi connectivity index (χ1n) is 11.3. The molecule has 1 atom stereocenters. The minimum atomic E-state index is -0.354. The third-order valence-electron chi connectivity index (χ3n) is 5.82. The number of pyridine rings is 1. The van der Waals surface area contributed by atoms with Crippen molar-refractivity contribution >= 4 is 46.3 Å². The molecular formula is C25H24Cl2N6O2. The summed E-state index contributed by atoms with van der Waals surface area (Å²) in [5, 5.41) is 18.0. The SMILES string of the molecule is CC(Oc1ccc2[nH]nc(/C=C/c3ccc(CN4CCOCC4)nn3)c2c1)c1c(Cl)cncc1Cl. The summed E-state index contributed by atoms with van der Waals surface area (Å²) in [7, 11) is 0. The van der Waals surface area contributed by atoms with Gasteiger partial charge in [-0.15, -0.1) is 0 Å². The van der Waals surface area contributed by atoms with Crippen molar-refractivity contribution in [2.75, 3.05) is 26.3 Å². The molecule has 1 aliphatic rings. The van der Waals surface area contributed by atoms with Gasteiger partial charge in [0, 0.05) is 43.0 Å². The fourth-order valence-corrected chi connectivity index (χ4v) is 4.65. The van der Waals surface area contributed by atoms with Crippen LogP contribution in [0.4, 0.5) is 0 Å². The molecule has 1 aliphatic heterocycles. The number of morpholine rings is 1. The number of hydrogen-bond donors (Lipinski definition) is 1. The monoisotopic (exact) mass is 510 g/mol. The van der Waals surface area contributed by atoms with Crippen molar-refractivity contribution in [2.24, 2.45) is 0 Å². The summed E-state index contributed by atoms with van der Waals surface area (Å²) in [6.07, 6.45) is 6.57. The molecule has 1 unspecified atom stereocenters. The highest BCUT2D eigenvalue weighted by molar-refractivity contribution is 6.35. The number of H-pyrrole nitrogens is 1. The minimum absolute atomic E-state index is 0.354. The van der Waals surface area contributed by atoms with E-state index in [0.717, 1.165) is 60.8 Å². The summed E-state index contributed by atoms with van der Waals surface area (Å²) >= 11 is 12.6. The zero-order chi connectivity index (χ0) is 24.2. The van der Waals surface area contributed by atoms with Crippen LogP contribution in [0.15, 0.2) is 42.7 Å². The van der Waals surface area contributed by atoms with Crippen LogP contribution in [0.5, 0.6) is 5.75 Å². The summed E-state index contributed by atoms with van der Waals surface area (Å²) in [4.78, 5) is 6.32. The third-order valence-corrected chi connectivity index (χ3v) is 6.42. The zero-order valence-electron chi connectivity index (χ0n) is 19.1. The molecule has 8 nitrogen and oxygen atoms in total. The third kappa shape index (κ3) is 5.62. The lowest BCUT2D eigenvalue weighted by Gasteiger charge is -2.25. The number of rotatable bonds is 7. The summed E-state index contributed by atoms with van der Waals surface area (Å²) in [6, 6.07) is 9.72. The summed E-state index contributed by atoms with van der Waals surface area (Å²) in [5.41, 5.74) is 4.08. The molecule has 10 heteroatoms. The predicted octanol–water partition coefficient (Wildman–Crippen LogP) is 5.20. The average molecular weight is 511 g/mol. The Morgan fingerprint density at radius 1 is 1.09 bits per heavy atom. The number of aromatic nitrogens is 5. The number of nitrogens with one attached hydrogen (secondary N) is 1. The van der Waals surface area contributed by atoms with Gasteiger partial charge >= 0.3 is 0 Å². The van der Waals surface area contributed by atoms with Crippen LogP contribution in [0.3, 0.4) is 0 Å². The number of ether oxygens (including phenoxy) is 2. The fourth-order valence-electron chi connectivity index (χ4n) is 3.98. The summed E-state index contributed by atoms with van der Waals surface area (Å²) in [6.45, 7) is 6.05. The van der Waals surface area contributed by atoms with Crippen molar-refractivity contribution in [3.05, 3.63) is 75.4 Å². The van der Waals surface area contributed by atoms with E-state index in [4.69, 9.17) is 32.7 Å². The van der Waals surface area contributed by atoms with Crippen LogP contribution in [-0.2, 0) is 11.3 Å². The zero-order valence-corrected chi connectivity index (χ0v) is 20.6. The molecular weight excluding hydrogens is 487 g/mol. The van der Waals surface area contributed by atoms with Crippen LogP contribution in [0, 0.1) is 0 Å². The quantitative estimate of drug-likeness (QED) is 0.365. The highest BCUT2D eigenvalue weighted by Gasteiger charge is 2.17. The maximum atomic E-state index is 6.28. The van der Waals surface area contributed by atoms with Crippen LogP contribution in [-0.4, -0.2) is 56.6 Å².